The smallest absolute Gasteiger partial charge is 0.324 e. The predicted octanol–water partition coefficient (Wildman–Crippen LogP) is -0.0384. The number of hydrogen-bond acceptors (Lipinski definition) is 3. The molecule has 2 unspecified atom stereocenters. The van der Waals surface area contributed by atoms with Crippen LogP contribution in [-0.4, -0.2) is 30.3 Å². The summed E-state index contributed by atoms with van der Waals surface area (Å²) in [6.45, 7) is 0. The third kappa shape index (κ3) is 1.71. The molecule has 0 saturated heterocycles. The SMILES string of the molecule is CNC(C(=O)O)C1CC=CO1. The van der Waals surface area contributed by atoms with Crippen LogP contribution in [0.25, 0.3) is 0 Å². The maximum atomic E-state index is 10.5. The summed E-state index contributed by atoms with van der Waals surface area (Å²) in [5.41, 5.74) is 0. The minimum Gasteiger partial charge on any atom is -0.496 e. The number of rotatable bonds is 3. The zero-order chi connectivity index (χ0) is 8.27. The van der Waals surface area contributed by atoms with Crippen LogP contribution in [0.3, 0.4) is 0 Å². The molecule has 62 valence electrons. The summed E-state index contributed by atoms with van der Waals surface area (Å²) in [7, 11) is 1.61. The summed E-state index contributed by atoms with van der Waals surface area (Å²) in [5, 5.41) is 11.3. The molecule has 1 heterocycles. The minimum absolute atomic E-state index is 0.252. The van der Waals surface area contributed by atoms with Crippen molar-refractivity contribution < 1.29 is 14.6 Å². The van der Waals surface area contributed by atoms with Crippen molar-refractivity contribution in [1.82, 2.24) is 5.32 Å². The van der Waals surface area contributed by atoms with Gasteiger partial charge in [-0.05, 0) is 13.1 Å². The van der Waals surface area contributed by atoms with Crippen molar-refractivity contribution in [2.45, 2.75) is 18.6 Å². The third-order valence-electron chi connectivity index (χ3n) is 1.67. The molecule has 0 saturated carbocycles. The molecular formula is C7H11NO3. The fourth-order valence-electron chi connectivity index (χ4n) is 1.08. The van der Waals surface area contributed by atoms with Crippen LogP contribution in [0.1, 0.15) is 6.42 Å². The minimum atomic E-state index is -0.874. The average Bonchev–Trinajstić information content (AvgIpc) is 2.40. The Kier molecular flexibility index (Phi) is 2.48. The first-order valence-corrected chi connectivity index (χ1v) is 3.46. The van der Waals surface area contributed by atoms with Crippen molar-refractivity contribution in [2.75, 3.05) is 7.05 Å². The monoisotopic (exact) mass is 157 g/mol. The molecule has 0 fully saturated rings. The first kappa shape index (κ1) is 8.07. The zero-order valence-corrected chi connectivity index (χ0v) is 6.28. The number of carboxylic acid groups (broad SMARTS) is 1. The lowest BCUT2D eigenvalue weighted by Gasteiger charge is -2.17. The van der Waals surface area contributed by atoms with Crippen molar-refractivity contribution in [3.05, 3.63) is 12.3 Å². The van der Waals surface area contributed by atoms with Crippen molar-refractivity contribution >= 4 is 5.97 Å². The first-order valence-electron chi connectivity index (χ1n) is 3.46. The molecule has 0 aromatic carbocycles. The largest absolute Gasteiger partial charge is 0.496 e. The molecule has 1 rings (SSSR count). The number of likely N-dealkylation sites (N-methyl/N-ethyl adjacent to an activating group) is 1. The van der Waals surface area contributed by atoms with Gasteiger partial charge in [-0.25, -0.2) is 0 Å². The highest BCUT2D eigenvalue weighted by Gasteiger charge is 2.28. The van der Waals surface area contributed by atoms with Gasteiger partial charge in [0.05, 0.1) is 6.26 Å². The van der Waals surface area contributed by atoms with E-state index >= 15 is 0 Å². The lowest BCUT2D eigenvalue weighted by molar-refractivity contribution is -0.142. The van der Waals surface area contributed by atoms with E-state index in [1.165, 1.54) is 6.26 Å². The van der Waals surface area contributed by atoms with E-state index in [9.17, 15) is 4.79 Å². The number of nitrogens with one attached hydrogen (secondary N) is 1. The fourth-order valence-corrected chi connectivity index (χ4v) is 1.08. The maximum Gasteiger partial charge on any atom is 0.324 e. The molecule has 0 spiro atoms. The quantitative estimate of drug-likeness (QED) is 0.603. The highest BCUT2D eigenvalue weighted by molar-refractivity contribution is 5.74. The van der Waals surface area contributed by atoms with Crippen molar-refractivity contribution in [3.63, 3.8) is 0 Å². The van der Waals surface area contributed by atoms with Crippen LogP contribution in [0, 0.1) is 0 Å². The van der Waals surface area contributed by atoms with Gasteiger partial charge in [-0.3, -0.25) is 4.79 Å². The first-order chi connectivity index (χ1) is 5.25. The van der Waals surface area contributed by atoms with Crippen LogP contribution < -0.4 is 5.32 Å². The Bertz CT molecular complexity index is 171. The molecule has 1 aliphatic rings. The second-order valence-electron chi connectivity index (χ2n) is 2.39. The Labute approximate surface area is 64.9 Å². The molecule has 0 aliphatic carbocycles. The molecule has 0 aromatic rings. The number of carboxylic acids is 1. The lowest BCUT2D eigenvalue weighted by atomic mass is 10.1. The normalized spacial score (nSPS) is 24.6. The molecular weight excluding hydrogens is 146 g/mol. The predicted molar refractivity (Wildman–Crippen MR) is 39.1 cm³/mol. The Morgan fingerprint density at radius 2 is 2.64 bits per heavy atom. The van der Waals surface area contributed by atoms with E-state index in [1.54, 1.807) is 7.05 Å². The van der Waals surface area contributed by atoms with Gasteiger partial charge in [0.25, 0.3) is 0 Å². The van der Waals surface area contributed by atoms with E-state index in [4.69, 9.17) is 9.84 Å². The van der Waals surface area contributed by atoms with Gasteiger partial charge < -0.3 is 15.2 Å². The second-order valence-corrected chi connectivity index (χ2v) is 2.39. The standard InChI is InChI=1S/C7H11NO3/c1-8-6(7(9)10)5-3-2-4-11-5/h2,4-6,8H,3H2,1H3,(H,9,10). The highest BCUT2D eigenvalue weighted by Crippen LogP contribution is 2.12. The number of ether oxygens (including phenoxy) is 1. The van der Waals surface area contributed by atoms with Gasteiger partial charge in [-0.1, -0.05) is 0 Å². The van der Waals surface area contributed by atoms with Crippen molar-refractivity contribution in [2.24, 2.45) is 0 Å². The summed E-state index contributed by atoms with van der Waals surface area (Å²) < 4.78 is 5.04. The topological polar surface area (TPSA) is 58.6 Å². The average molecular weight is 157 g/mol. The molecule has 2 atom stereocenters. The number of hydrogen-bond donors (Lipinski definition) is 2. The summed E-state index contributed by atoms with van der Waals surface area (Å²) in [6, 6.07) is -0.606. The fraction of sp³-hybridized carbons (Fsp3) is 0.571. The third-order valence-corrected chi connectivity index (χ3v) is 1.67. The Balaban J connectivity index is 2.48. The van der Waals surface area contributed by atoms with Gasteiger partial charge in [0, 0.05) is 6.42 Å². The summed E-state index contributed by atoms with van der Waals surface area (Å²) in [6.07, 6.45) is 3.77. The Morgan fingerprint density at radius 1 is 1.91 bits per heavy atom. The van der Waals surface area contributed by atoms with E-state index in [1.807, 2.05) is 6.08 Å². The molecule has 11 heavy (non-hydrogen) atoms. The second kappa shape index (κ2) is 3.39. The van der Waals surface area contributed by atoms with E-state index < -0.39 is 12.0 Å². The Hall–Kier alpha value is -1.03. The van der Waals surface area contributed by atoms with Crippen molar-refractivity contribution in [3.8, 4) is 0 Å². The maximum absolute atomic E-state index is 10.5. The van der Waals surface area contributed by atoms with Gasteiger partial charge >= 0.3 is 5.97 Å². The molecule has 4 nitrogen and oxygen atoms in total. The lowest BCUT2D eigenvalue weighted by Crippen LogP contribution is -2.43. The molecule has 0 aromatic heterocycles. The van der Waals surface area contributed by atoms with E-state index in [0.717, 1.165) is 0 Å². The summed E-state index contributed by atoms with van der Waals surface area (Å²) in [4.78, 5) is 10.5. The van der Waals surface area contributed by atoms with Gasteiger partial charge in [-0.15, -0.1) is 0 Å². The molecule has 0 bridgehead atoms. The van der Waals surface area contributed by atoms with Gasteiger partial charge in [-0.2, -0.15) is 0 Å². The van der Waals surface area contributed by atoms with E-state index in [-0.39, 0.29) is 6.10 Å². The van der Waals surface area contributed by atoms with Gasteiger partial charge in [0.15, 0.2) is 0 Å². The van der Waals surface area contributed by atoms with Crippen LogP contribution in [0.4, 0.5) is 0 Å². The van der Waals surface area contributed by atoms with Crippen LogP contribution in [0.2, 0.25) is 0 Å². The Morgan fingerprint density at radius 3 is 3.00 bits per heavy atom. The van der Waals surface area contributed by atoms with Crippen LogP contribution in [-0.2, 0) is 9.53 Å². The number of carbonyl (C=O) groups is 1. The molecule has 2 N–H and O–H groups in total. The molecule has 0 radical (unpaired) electrons. The van der Waals surface area contributed by atoms with E-state index in [0.29, 0.717) is 6.42 Å². The summed E-state index contributed by atoms with van der Waals surface area (Å²) >= 11 is 0. The molecule has 0 amide bonds. The van der Waals surface area contributed by atoms with E-state index in [2.05, 4.69) is 5.32 Å². The van der Waals surface area contributed by atoms with Gasteiger partial charge in [0.2, 0.25) is 0 Å². The van der Waals surface area contributed by atoms with Gasteiger partial charge in [0.1, 0.15) is 12.1 Å². The zero-order valence-electron chi connectivity index (χ0n) is 6.28. The molecule has 1 aliphatic heterocycles. The van der Waals surface area contributed by atoms with Crippen molar-refractivity contribution in [1.29, 1.82) is 0 Å². The van der Waals surface area contributed by atoms with Crippen LogP contribution in [0.5, 0.6) is 0 Å². The molecule has 4 heteroatoms. The number of aliphatic carboxylic acids is 1. The summed E-state index contributed by atoms with van der Waals surface area (Å²) in [5.74, 6) is -0.874. The van der Waals surface area contributed by atoms with Crippen LogP contribution in [0.15, 0.2) is 12.3 Å². The highest BCUT2D eigenvalue weighted by atomic mass is 16.5. The van der Waals surface area contributed by atoms with Crippen LogP contribution >= 0.6 is 0 Å².